The number of aromatic nitrogens is 1. The van der Waals surface area contributed by atoms with E-state index in [1.165, 1.54) is 22.6 Å². The molecule has 1 N–H and O–H groups in total. The maximum Gasteiger partial charge on any atom is 0.123 e. The van der Waals surface area contributed by atoms with Crippen molar-refractivity contribution in [1.82, 2.24) is 10.3 Å². The molecule has 0 amide bonds. The highest BCUT2D eigenvalue weighted by Gasteiger charge is 2.12. The van der Waals surface area contributed by atoms with Crippen LogP contribution in [-0.4, -0.2) is 18.6 Å². The summed E-state index contributed by atoms with van der Waals surface area (Å²) in [6, 6.07) is 6.85. The molecular weight excluding hydrogens is 259 g/mol. The van der Waals surface area contributed by atoms with Crippen molar-refractivity contribution in [3.63, 3.8) is 0 Å². The van der Waals surface area contributed by atoms with Crippen molar-refractivity contribution in [2.75, 3.05) is 13.6 Å². The number of nitrogens with zero attached hydrogens (tertiary/aromatic N) is 1. The summed E-state index contributed by atoms with van der Waals surface area (Å²) < 4.78 is 13.0. The van der Waals surface area contributed by atoms with Gasteiger partial charge in [-0.1, -0.05) is 12.1 Å². The molecule has 1 heterocycles. The minimum atomic E-state index is -0.176. The van der Waals surface area contributed by atoms with E-state index in [1.807, 2.05) is 24.7 Å². The van der Waals surface area contributed by atoms with Crippen LogP contribution in [-0.2, 0) is 6.42 Å². The predicted octanol–water partition coefficient (Wildman–Crippen LogP) is 3.53. The van der Waals surface area contributed by atoms with Gasteiger partial charge in [-0.15, -0.1) is 11.3 Å². The third-order valence-electron chi connectivity index (χ3n) is 3.36. The van der Waals surface area contributed by atoms with Gasteiger partial charge in [0.15, 0.2) is 0 Å². The smallest absolute Gasteiger partial charge is 0.123 e. The van der Waals surface area contributed by atoms with Gasteiger partial charge in [-0.05, 0) is 50.4 Å². The SMILES string of the molecule is CNCC(CCc1scnc1C)c1ccc(F)cc1. The van der Waals surface area contributed by atoms with E-state index in [2.05, 4.69) is 17.2 Å². The van der Waals surface area contributed by atoms with Gasteiger partial charge >= 0.3 is 0 Å². The second-order valence-corrected chi connectivity index (χ2v) is 5.65. The zero-order valence-corrected chi connectivity index (χ0v) is 12.1. The first-order valence-electron chi connectivity index (χ1n) is 6.49. The monoisotopic (exact) mass is 278 g/mol. The summed E-state index contributed by atoms with van der Waals surface area (Å²) in [5.74, 6) is 0.234. The number of halogens is 1. The Bertz CT molecular complexity index is 507. The van der Waals surface area contributed by atoms with Gasteiger partial charge in [0.1, 0.15) is 5.82 Å². The van der Waals surface area contributed by atoms with Gasteiger partial charge in [0, 0.05) is 11.4 Å². The molecule has 0 radical (unpaired) electrons. The Morgan fingerprint density at radius 1 is 1.32 bits per heavy atom. The van der Waals surface area contributed by atoms with Gasteiger partial charge in [-0.25, -0.2) is 9.37 Å². The molecule has 0 saturated heterocycles. The highest BCUT2D eigenvalue weighted by atomic mass is 32.1. The molecule has 1 aromatic carbocycles. The first-order chi connectivity index (χ1) is 9.20. The van der Waals surface area contributed by atoms with Gasteiger partial charge in [0.2, 0.25) is 0 Å². The molecule has 0 aliphatic carbocycles. The number of likely N-dealkylation sites (N-methyl/N-ethyl adjacent to an activating group) is 1. The van der Waals surface area contributed by atoms with Gasteiger partial charge in [0.05, 0.1) is 11.2 Å². The van der Waals surface area contributed by atoms with Crippen LogP contribution in [0, 0.1) is 12.7 Å². The zero-order valence-electron chi connectivity index (χ0n) is 11.3. The van der Waals surface area contributed by atoms with E-state index in [-0.39, 0.29) is 5.82 Å². The minimum absolute atomic E-state index is 0.176. The van der Waals surface area contributed by atoms with Gasteiger partial charge in [0.25, 0.3) is 0 Å². The van der Waals surface area contributed by atoms with Crippen LogP contribution >= 0.6 is 11.3 Å². The molecule has 1 unspecified atom stereocenters. The van der Waals surface area contributed by atoms with Gasteiger partial charge in [-0.3, -0.25) is 0 Å². The highest BCUT2D eigenvalue weighted by Crippen LogP contribution is 2.24. The van der Waals surface area contributed by atoms with Crippen LogP contribution in [0.4, 0.5) is 4.39 Å². The van der Waals surface area contributed by atoms with E-state index in [9.17, 15) is 4.39 Å². The van der Waals surface area contributed by atoms with Crippen molar-refractivity contribution in [3.8, 4) is 0 Å². The van der Waals surface area contributed by atoms with Crippen LogP contribution in [0.5, 0.6) is 0 Å². The van der Waals surface area contributed by atoms with Crippen LogP contribution in [0.25, 0.3) is 0 Å². The minimum Gasteiger partial charge on any atom is -0.319 e. The number of rotatable bonds is 6. The lowest BCUT2D eigenvalue weighted by atomic mass is 9.93. The molecule has 2 aromatic rings. The van der Waals surface area contributed by atoms with Crippen molar-refractivity contribution < 1.29 is 4.39 Å². The molecule has 1 atom stereocenters. The highest BCUT2D eigenvalue weighted by molar-refractivity contribution is 7.09. The summed E-state index contributed by atoms with van der Waals surface area (Å²) in [6.07, 6.45) is 2.08. The van der Waals surface area contributed by atoms with Crippen molar-refractivity contribution >= 4 is 11.3 Å². The molecule has 2 rings (SSSR count). The zero-order chi connectivity index (χ0) is 13.7. The third kappa shape index (κ3) is 3.85. The molecule has 102 valence electrons. The molecule has 2 nitrogen and oxygen atoms in total. The molecular formula is C15H19FN2S. The fourth-order valence-corrected chi connectivity index (χ4v) is 3.04. The van der Waals surface area contributed by atoms with Crippen LogP contribution in [0.2, 0.25) is 0 Å². The molecule has 1 aromatic heterocycles. The topological polar surface area (TPSA) is 24.9 Å². The Kier molecular flexibility index (Phi) is 5.05. The second kappa shape index (κ2) is 6.78. The van der Waals surface area contributed by atoms with E-state index < -0.39 is 0 Å². The van der Waals surface area contributed by atoms with E-state index in [0.717, 1.165) is 25.1 Å². The normalized spacial score (nSPS) is 12.6. The Labute approximate surface area is 117 Å². The fourth-order valence-electron chi connectivity index (χ4n) is 2.24. The maximum absolute atomic E-state index is 13.0. The number of thiazole rings is 1. The van der Waals surface area contributed by atoms with E-state index in [1.54, 1.807) is 11.3 Å². The van der Waals surface area contributed by atoms with Crippen LogP contribution in [0.15, 0.2) is 29.8 Å². The van der Waals surface area contributed by atoms with Crippen LogP contribution < -0.4 is 5.32 Å². The molecule has 0 fully saturated rings. The number of nitrogens with one attached hydrogen (secondary N) is 1. The first-order valence-corrected chi connectivity index (χ1v) is 7.37. The largest absolute Gasteiger partial charge is 0.319 e. The summed E-state index contributed by atoms with van der Waals surface area (Å²) in [5.41, 5.74) is 4.22. The molecule has 0 spiro atoms. The standard InChI is InChI=1S/C15H19FN2S/c1-11-15(19-10-18-11)8-5-13(9-17-2)12-3-6-14(16)7-4-12/h3-4,6-7,10,13,17H,5,8-9H2,1-2H3. The average Bonchev–Trinajstić information content (AvgIpc) is 2.81. The van der Waals surface area contributed by atoms with Crippen molar-refractivity contribution in [3.05, 3.63) is 51.7 Å². The number of aryl methyl sites for hydroxylation is 2. The van der Waals surface area contributed by atoms with Crippen LogP contribution in [0.1, 0.15) is 28.5 Å². The Morgan fingerprint density at radius 2 is 2.05 bits per heavy atom. The lowest BCUT2D eigenvalue weighted by Crippen LogP contribution is -2.18. The summed E-state index contributed by atoms with van der Waals surface area (Å²) in [5, 5.41) is 3.22. The van der Waals surface area contributed by atoms with E-state index in [0.29, 0.717) is 5.92 Å². The molecule has 0 aliphatic heterocycles. The second-order valence-electron chi connectivity index (χ2n) is 4.71. The Balaban J connectivity index is 2.04. The summed E-state index contributed by atoms with van der Waals surface area (Å²) in [6.45, 7) is 2.96. The lowest BCUT2D eigenvalue weighted by molar-refractivity contribution is 0.581. The fraction of sp³-hybridized carbons (Fsp3) is 0.400. The third-order valence-corrected chi connectivity index (χ3v) is 4.35. The Hall–Kier alpha value is -1.26. The first kappa shape index (κ1) is 14.2. The number of hydrogen-bond donors (Lipinski definition) is 1. The number of benzene rings is 1. The molecule has 19 heavy (non-hydrogen) atoms. The van der Waals surface area contributed by atoms with E-state index in [4.69, 9.17) is 0 Å². The van der Waals surface area contributed by atoms with Gasteiger partial charge in [-0.2, -0.15) is 0 Å². The average molecular weight is 278 g/mol. The van der Waals surface area contributed by atoms with Crippen molar-refractivity contribution in [1.29, 1.82) is 0 Å². The molecule has 0 saturated carbocycles. The van der Waals surface area contributed by atoms with Crippen LogP contribution in [0.3, 0.4) is 0 Å². The summed E-state index contributed by atoms with van der Waals surface area (Å²) >= 11 is 1.72. The summed E-state index contributed by atoms with van der Waals surface area (Å²) in [4.78, 5) is 5.63. The van der Waals surface area contributed by atoms with Crippen molar-refractivity contribution in [2.24, 2.45) is 0 Å². The molecule has 4 heteroatoms. The Morgan fingerprint density at radius 3 is 2.63 bits per heavy atom. The van der Waals surface area contributed by atoms with Crippen molar-refractivity contribution in [2.45, 2.75) is 25.7 Å². The number of hydrogen-bond acceptors (Lipinski definition) is 3. The van der Waals surface area contributed by atoms with E-state index >= 15 is 0 Å². The molecule has 0 bridgehead atoms. The predicted molar refractivity (Wildman–Crippen MR) is 78.2 cm³/mol. The summed E-state index contributed by atoms with van der Waals surface area (Å²) in [7, 11) is 1.95. The van der Waals surface area contributed by atoms with Gasteiger partial charge < -0.3 is 5.32 Å². The lowest BCUT2D eigenvalue weighted by Gasteiger charge is -2.16. The maximum atomic E-state index is 13.0. The quantitative estimate of drug-likeness (QED) is 0.874. The molecule has 0 aliphatic rings.